The van der Waals surface area contributed by atoms with E-state index >= 15 is 0 Å². The van der Waals surface area contributed by atoms with Gasteiger partial charge in [-0.1, -0.05) is 134 Å². The van der Waals surface area contributed by atoms with Gasteiger partial charge in [0.15, 0.2) is 0 Å². The van der Waals surface area contributed by atoms with Crippen molar-refractivity contribution in [1.82, 2.24) is 0 Å². The zero-order valence-electron chi connectivity index (χ0n) is 26.2. The highest BCUT2D eigenvalue weighted by atomic mass is 19.1. The number of rotatable bonds is 13. The first-order valence-corrected chi connectivity index (χ1v) is 16.5. The van der Waals surface area contributed by atoms with Crippen LogP contribution in [-0.2, 0) is 19.3 Å². The average molecular weight is 543 g/mol. The highest BCUT2D eigenvalue weighted by Gasteiger charge is 2.26. The summed E-state index contributed by atoms with van der Waals surface area (Å²) in [4.78, 5) is 0. The second kappa shape index (κ2) is 17.4. The van der Waals surface area contributed by atoms with Crippen LogP contribution in [0.2, 0.25) is 0 Å². The molecular formula is C39H55F. The molecule has 0 heterocycles. The van der Waals surface area contributed by atoms with Gasteiger partial charge in [0, 0.05) is 0 Å². The maximum Gasteiger partial charge on any atom is 0.123 e. The second-order valence-corrected chi connectivity index (χ2v) is 11.9. The molecule has 0 nitrogen and oxygen atoms in total. The van der Waals surface area contributed by atoms with Crippen LogP contribution in [0.1, 0.15) is 150 Å². The Labute approximate surface area is 245 Å². The van der Waals surface area contributed by atoms with Crippen molar-refractivity contribution in [2.45, 2.75) is 136 Å². The monoisotopic (exact) mass is 542 g/mol. The van der Waals surface area contributed by atoms with Gasteiger partial charge in [0.05, 0.1) is 0 Å². The molecule has 0 spiro atoms. The van der Waals surface area contributed by atoms with Crippen molar-refractivity contribution in [2.75, 3.05) is 0 Å². The molecule has 218 valence electrons. The molecule has 3 aromatic rings. The number of halogens is 1. The van der Waals surface area contributed by atoms with Crippen molar-refractivity contribution in [3.05, 3.63) is 106 Å². The maximum atomic E-state index is 13.6. The van der Waals surface area contributed by atoms with Crippen LogP contribution in [0.15, 0.2) is 66.7 Å². The summed E-state index contributed by atoms with van der Waals surface area (Å²) >= 11 is 0. The van der Waals surface area contributed by atoms with E-state index in [1.165, 1.54) is 84.7 Å². The predicted octanol–water partition coefficient (Wildman–Crippen LogP) is 12.1. The van der Waals surface area contributed by atoms with Gasteiger partial charge < -0.3 is 0 Å². The molecule has 0 fully saturated rings. The molecule has 0 aliphatic heterocycles. The van der Waals surface area contributed by atoms with E-state index in [-0.39, 0.29) is 5.82 Å². The molecule has 1 aliphatic rings. The molecule has 0 bridgehead atoms. The van der Waals surface area contributed by atoms with Gasteiger partial charge in [0.1, 0.15) is 5.82 Å². The normalized spacial score (nSPS) is 17.4. The Hall–Kier alpha value is -2.41. The number of hydrogen-bond acceptors (Lipinski definition) is 0. The minimum atomic E-state index is -0.143. The molecule has 0 saturated carbocycles. The Morgan fingerprint density at radius 1 is 0.775 bits per heavy atom. The van der Waals surface area contributed by atoms with Crippen LogP contribution < -0.4 is 0 Å². The van der Waals surface area contributed by atoms with Crippen LogP contribution in [0.5, 0.6) is 0 Å². The summed E-state index contributed by atoms with van der Waals surface area (Å²) in [5.74, 6) is 1.45. The first-order valence-electron chi connectivity index (χ1n) is 16.5. The second-order valence-electron chi connectivity index (χ2n) is 11.9. The number of unbranched alkanes of at least 4 members (excludes halogenated alkanes) is 6. The molecule has 4 rings (SSSR count). The number of fused-ring (bicyclic) bond motifs is 1. The summed E-state index contributed by atoms with van der Waals surface area (Å²) in [6.07, 6.45) is 16.5. The molecular weight excluding hydrogens is 487 g/mol. The zero-order valence-corrected chi connectivity index (χ0v) is 26.2. The SMILES string of the molecule is CC.CCCCCCCCCC(C)c1ccc(CC2CC(c3ccc(F)cc3)CCc3cc(CC)ccc32)cc1. The van der Waals surface area contributed by atoms with Gasteiger partial charge >= 0.3 is 0 Å². The average Bonchev–Trinajstić information content (AvgIpc) is 3.17. The highest BCUT2D eigenvalue weighted by molar-refractivity contribution is 5.39. The van der Waals surface area contributed by atoms with Crippen molar-refractivity contribution in [3.8, 4) is 0 Å². The fraction of sp³-hybridized carbons (Fsp3) is 0.538. The lowest BCUT2D eigenvalue weighted by atomic mass is 9.82. The Morgan fingerprint density at radius 2 is 1.43 bits per heavy atom. The highest BCUT2D eigenvalue weighted by Crippen LogP contribution is 2.41. The maximum absolute atomic E-state index is 13.6. The third kappa shape index (κ3) is 9.60. The lowest BCUT2D eigenvalue weighted by molar-refractivity contribution is 0.522. The molecule has 0 saturated heterocycles. The fourth-order valence-electron chi connectivity index (χ4n) is 6.48. The summed E-state index contributed by atoms with van der Waals surface area (Å²) in [7, 11) is 0. The lowest BCUT2D eigenvalue weighted by Crippen LogP contribution is -2.08. The van der Waals surface area contributed by atoms with Crippen molar-refractivity contribution >= 4 is 0 Å². The Kier molecular flexibility index (Phi) is 14.0. The van der Waals surface area contributed by atoms with Crippen LogP contribution in [0.4, 0.5) is 4.39 Å². The number of hydrogen-bond donors (Lipinski definition) is 0. The quantitative estimate of drug-likeness (QED) is 0.149. The molecule has 1 heteroatoms. The van der Waals surface area contributed by atoms with Crippen molar-refractivity contribution in [3.63, 3.8) is 0 Å². The minimum Gasteiger partial charge on any atom is -0.207 e. The van der Waals surface area contributed by atoms with Crippen molar-refractivity contribution in [1.29, 1.82) is 0 Å². The standard InChI is InChI=1S/C37H49F.C2H6/c1-4-6-7-8-9-10-11-12-28(3)31-16-13-30(14-17-31)26-35-27-33(32-20-22-36(38)23-21-32)18-19-34-25-29(5-2)15-24-37(34)35;1-2/h13-17,20-25,28,33,35H,4-12,18-19,26-27H2,1-3H3;1-2H3. The molecule has 40 heavy (non-hydrogen) atoms. The van der Waals surface area contributed by atoms with E-state index in [4.69, 9.17) is 0 Å². The van der Waals surface area contributed by atoms with Crippen molar-refractivity contribution < 1.29 is 4.39 Å². The topological polar surface area (TPSA) is 0 Å². The predicted molar refractivity (Wildman–Crippen MR) is 173 cm³/mol. The summed E-state index contributed by atoms with van der Waals surface area (Å²) in [6, 6.07) is 24.0. The first-order chi connectivity index (χ1) is 19.6. The van der Waals surface area contributed by atoms with Gasteiger partial charge in [-0.2, -0.15) is 0 Å². The summed E-state index contributed by atoms with van der Waals surface area (Å²) in [5, 5.41) is 0. The van der Waals surface area contributed by atoms with Gasteiger partial charge in [-0.3, -0.25) is 0 Å². The Balaban J connectivity index is 0.00000216. The molecule has 0 aromatic heterocycles. The smallest absolute Gasteiger partial charge is 0.123 e. The van der Waals surface area contributed by atoms with E-state index in [9.17, 15) is 4.39 Å². The third-order valence-corrected chi connectivity index (χ3v) is 9.00. The van der Waals surface area contributed by atoms with E-state index in [1.54, 1.807) is 12.1 Å². The fourth-order valence-corrected chi connectivity index (χ4v) is 6.48. The molecule has 0 N–H and O–H groups in total. The summed E-state index contributed by atoms with van der Waals surface area (Å²) in [6.45, 7) is 10.9. The largest absolute Gasteiger partial charge is 0.207 e. The summed E-state index contributed by atoms with van der Waals surface area (Å²) < 4.78 is 13.6. The zero-order chi connectivity index (χ0) is 28.7. The molecule has 1 aliphatic carbocycles. The Bertz CT molecular complexity index is 1090. The van der Waals surface area contributed by atoms with E-state index in [0.29, 0.717) is 17.8 Å². The Morgan fingerprint density at radius 3 is 2.10 bits per heavy atom. The first kappa shape index (κ1) is 32.1. The van der Waals surface area contributed by atoms with Gasteiger partial charge in [0.2, 0.25) is 0 Å². The van der Waals surface area contributed by atoms with Gasteiger partial charge in [-0.05, 0) is 102 Å². The van der Waals surface area contributed by atoms with Crippen LogP contribution in [0, 0.1) is 5.82 Å². The molecule has 0 radical (unpaired) electrons. The van der Waals surface area contributed by atoms with E-state index in [0.717, 1.165) is 32.1 Å². The van der Waals surface area contributed by atoms with Crippen LogP contribution in [-0.4, -0.2) is 0 Å². The summed E-state index contributed by atoms with van der Waals surface area (Å²) in [5.41, 5.74) is 8.70. The van der Waals surface area contributed by atoms with Crippen LogP contribution in [0.3, 0.4) is 0 Å². The molecule has 3 unspecified atom stereocenters. The van der Waals surface area contributed by atoms with Gasteiger partial charge in [-0.25, -0.2) is 4.39 Å². The van der Waals surface area contributed by atoms with E-state index in [2.05, 4.69) is 63.2 Å². The molecule has 0 amide bonds. The van der Waals surface area contributed by atoms with E-state index in [1.807, 2.05) is 26.0 Å². The van der Waals surface area contributed by atoms with Crippen molar-refractivity contribution in [2.24, 2.45) is 0 Å². The lowest BCUT2D eigenvalue weighted by Gasteiger charge is -2.23. The molecule has 3 atom stereocenters. The number of aryl methyl sites for hydroxylation is 2. The third-order valence-electron chi connectivity index (χ3n) is 9.00. The number of benzene rings is 3. The van der Waals surface area contributed by atoms with Crippen LogP contribution >= 0.6 is 0 Å². The van der Waals surface area contributed by atoms with Gasteiger partial charge in [-0.15, -0.1) is 0 Å². The minimum absolute atomic E-state index is 0.143. The van der Waals surface area contributed by atoms with Crippen LogP contribution in [0.25, 0.3) is 0 Å². The van der Waals surface area contributed by atoms with E-state index < -0.39 is 0 Å². The van der Waals surface area contributed by atoms with Gasteiger partial charge in [0.25, 0.3) is 0 Å². The molecule has 3 aromatic carbocycles.